The van der Waals surface area contributed by atoms with E-state index in [-0.39, 0.29) is 25.0 Å². The minimum atomic E-state index is -0.635. The van der Waals surface area contributed by atoms with Crippen LogP contribution < -0.4 is 10.1 Å². The van der Waals surface area contributed by atoms with Gasteiger partial charge in [-0.1, -0.05) is 65.5 Å². The van der Waals surface area contributed by atoms with Crippen LogP contribution in [0.2, 0.25) is 10.0 Å². The van der Waals surface area contributed by atoms with Gasteiger partial charge in [0.15, 0.2) is 6.61 Å². The number of benzene rings is 2. The molecule has 0 aliphatic heterocycles. The molecule has 0 aromatic heterocycles. The van der Waals surface area contributed by atoms with Gasteiger partial charge in [-0.25, -0.2) is 0 Å². The van der Waals surface area contributed by atoms with E-state index in [9.17, 15) is 9.59 Å². The fraction of sp³-hybridized carbons (Fsp3) is 0.391. The number of hydrogen-bond donors (Lipinski definition) is 1. The number of carbonyl (C=O) groups excluding carboxylic acids is 2. The SMILES string of the molecule is CCCCNC(=O)[C@@H](CC)N(Cc1ccc(Cl)cc1Cl)C(=O)COc1ccc(Br)cc1. The maximum absolute atomic E-state index is 13.1. The third kappa shape index (κ3) is 8.02. The molecule has 0 bridgehead atoms. The molecule has 2 aromatic rings. The van der Waals surface area contributed by atoms with Gasteiger partial charge in [0.25, 0.3) is 5.91 Å². The molecule has 8 heteroatoms. The Kier molecular flexibility index (Phi) is 10.6. The Labute approximate surface area is 202 Å². The first-order valence-corrected chi connectivity index (χ1v) is 11.8. The number of carbonyl (C=O) groups is 2. The van der Waals surface area contributed by atoms with Crippen LogP contribution in [0, 0.1) is 0 Å². The Morgan fingerprint density at radius 2 is 1.84 bits per heavy atom. The first-order valence-electron chi connectivity index (χ1n) is 10.2. The van der Waals surface area contributed by atoms with Crippen molar-refractivity contribution in [3.05, 3.63) is 62.5 Å². The zero-order valence-electron chi connectivity index (χ0n) is 17.7. The molecule has 0 spiro atoms. The van der Waals surface area contributed by atoms with Crippen LogP contribution in [0.25, 0.3) is 0 Å². The van der Waals surface area contributed by atoms with Crippen LogP contribution in [0.5, 0.6) is 5.75 Å². The van der Waals surface area contributed by atoms with Gasteiger partial charge in [0.1, 0.15) is 11.8 Å². The van der Waals surface area contributed by atoms with Crippen molar-refractivity contribution in [2.75, 3.05) is 13.2 Å². The Balaban J connectivity index is 2.20. The lowest BCUT2D eigenvalue weighted by Gasteiger charge is -2.31. The maximum Gasteiger partial charge on any atom is 0.261 e. The maximum atomic E-state index is 13.1. The molecule has 1 N–H and O–H groups in total. The molecule has 1 atom stereocenters. The fourth-order valence-electron chi connectivity index (χ4n) is 3.02. The summed E-state index contributed by atoms with van der Waals surface area (Å²) in [4.78, 5) is 27.5. The smallest absolute Gasteiger partial charge is 0.261 e. The van der Waals surface area contributed by atoms with Gasteiger partial charge < -0.3 is 15.0 Å². The van der Waals surface area contributed by atoms with Crippen molar-refractivity contribution in [1.29, 1.82) is 0 Å². The summed E-state index contributed by atoms with van der Waals surface area (Å²) in [6, 6.07) is 11.7. The zero-order valence-corrected chi connectivity index (χ0v) is 20.8. The van der Waals surface area contributed by atoms with Gasteiger partial charge in [0.2, 0.25) is 5.91 Å². The van der Waals surface area contributed by atoms with Crippen LogP contribution in [-0.4, -0.2) is 35.9 Å². The number of unbranched alkanes of at least 4 members (excludes halogenated alkanes) is 1. The summed E-state index contributed by atoms with van der Waals surface area (Å²) < 4.78 is 6.58. The number of rotatable bonds is 11. The number of ether oxygens (including phenoxy) is 1. The summed E-state index contributed by atoms with van der Waals surface area (Å²) in [5, 5.41) is 3.88. The van der Waals surface area contributed by atoms with Crippen molar-refractivity contribution < 1.29 is 14.3 Å². The summed E-state index contributed by atoms with van der Waals surface area (Å²) in [5.41, 5.74) is 0.711. The molecule has 168 valence electrons. The molecule has 0 saturated heterocycles. The van der Waals surface area contributed by atoms with Gasteiger partial charge in [0.05, 0.1) is 0 Å². The summed E-state index contributed by atoms with van der Waals surface area (Å²) in [6.45, 7) is 4.50. The second-order valence-corrected chi connectivity index (χ2v) is 8.83. The van der Waals surface area contributed by atoms with E-state index in [2.05, 4.69) is 28.2 Å². The highest BCUT2D eigenvalue weighted by molar-refractivity contribution is 9.10. The number of hydrogen-bond acceptors (Lipinski definition) is 3. The highest BCUT2D eigenvalue weighted by Gasteiger charge is 2.29. The van der Waals surface area contributed by atoms with Gasteiger partial charge in [0, 0.05) is 27.6 Å². The molecule has 5 nitrogen and oxygen atoms in total. The molecule has 0 aliphatic rings. The topological polar surface area (TPSA) is 58.6 Å². The number of nitrogens with one attached hydrogen (secondary N) is 1. The van der Waals surface area contributed by atoms with Gasteiger partial charge in [-0.05, 0) is 54.8 Å². The average Bonchev–Trinajstić information content (AvgIpc) is 2.74. The average molecular weight is 530 g/mol. The van der Waals surface area contributed by atoms with E-state index in [0.717, 1.165) is 17.3 Å². The number of halogens is 3. The summed E-state index contributed by atoms with van der Waals surface area (Å²) >= 11 is 15.7. The highest BCUT2D eigenvalue weighted by Crippen LogP contribution is 2.24. The quantitative estimate of drug-likeness (QED) is 0.371. The van der Waals surface area contributed by atoms with Crippen molar-refractivity contribution in [2.24, 2.45) is 0 Å². The summed E-state index contributed by atoms with van der Waals surface area (Å²) in [6.07, 6.45) is 2.32. The third-order valence-corrected chi connectivity index (χ3v) is 5.86. The minimum absolute atomic E-state index is 0.179. The summed E-state index contributed by atoms with van der Waals surface area (Å²) in [5.74, 6) is 0.0888. The van der Waals surface area contributed by atoms with E-state index in [1.165, 1.54) is 4.90 Å². The van der Waals surface area contributed by atoms with E-state index in [1.807, 2.05) is 19.1 Å². The zero-order chi connectivity index (χ0) is 22.8. The highest BCUT2D eigenvalue weighted by atomic mass is 79.9. The van der Waals surface area contributed by atoms with Gasteiger partial charge in [-0.3, -0.25) is 9.59 Å². The molecular weight excluding hydrogens is 503 g/mol. The Bertz CT molecular complexity index is 878. The fourth-order valence-corrected chi connectivity index (χ4v) is 3.75. The van der Waals surface area contributed by atoms with E-state index in [1.54, 1.807) is 30.3 Å². The second kappa shape index (κ2) is 12.9. The Hall–Kier alpha value is -1.76. The van der Waals surface area contributed by atoms with Gasteiger partial charge >= 0.3 is 0 Å². The molecule has 0 radical (unpaired) electrons. The molecule has 0 saturated carbocycles. The van der Waals surface area contributed by atoms with E-state index >= 15 is 0 Å². The molecule has 2 aromatic carbocycles. The number of amides is 2. The standard InChI is InChI=1S/C23H27BrCl2N2O3/c1-3-5-12-27-23(30)21(4-2)28(14-16-6-9-18(25)13-20(16)26)22(29)15-31-19-10-7-17(24)8-11-19/h6-11,13,21H,3-5,12,14-15H2,1-2H3,(H,27,30)/t21-/m1/s1. The first-order chi connectivity index (χ1) is 14.8. The molecular formula is C23H27BrCl2N2O3. The predicted molar refractivity (Wildman–Crippen MR) is 129 cm³/mol. The van der Waals surface area contributed by atoms with Gasteiger partial charge in [-0.2, -0.15) is 0 Å². The lowest BCUT2D eigenvalue weighted by atomic mass is 10.1. The first kappa shape index (κ1) is 25.5. The van der Waals surface area contributed by atoms with Crippen molar-refractivity contribution in [1.82, 2.24) is 10.2 Å². The second-order valence-electron chi connectivity index (χ2n) is 7.07. The van der Waals surface area contributed by atoms with Crippen LogP contribution in [0.15, 0.2) is 46.9 Å². The monoisotopic (exact) mass is 528 g/mol. The molecule has 0 heterocycles. The lowest BCUT2D eigenvalue weighted by molar-refractivity contribution is -0.143. The van der Waals surface area contributed by atoms with Crippen molar-refractivity contribution in [2.45, 2.75) is 45.7 Å². The van der Waals surface area contributed by atoms with Crippen LogP contribution >= 0.6 is 39.1 Å². The third-order valence-electron chi connectivity index (χ3n) is 4.75. The summed E-state index contributed by atoms with van der Waals surface area (Å²) in [7, 11) is 0. The molecule has 31 heavy (non-hydrogen) atoms. The molecule has 2 amide bonds. The Morgan fingerprint density at radius 3 is 2.45 bits per heavy atom. The predicted octanol–water partition coefficient (Wildman–Crippen LogP) is 5.86. The van der Waals surface area contributed by atoms with Crippen molar-refractivity contribution in [3.8, 4) is 5.75 Å². The van der Waals surface area contributed by atoms with Crippen molar-refractivity contribution in [3.63, 3.8) is 0 Å². The normalized spacial score (nSPS) is 11.6. The van der Waals surface area contributed by atoms with Gasteiger partial charge in [-0.15, -0.1) is 0 Å². The van der Waals surface area contributed by atoms with Crippen LogP contribution in [-0.2, 0) is 16.1 Å². The molecule has 0 aliphatic carbocycles. The van der Waals surface area contributed by atoms with E-state index in [0.29, 0.717) is 34.3 Å². The lowest BCUT2D eigenvalue weighted by Crippen LogP contribution is -2.50. The van der Waals surface area contributed by atoms with Crippen molar-refractivity contribution >= 4 is 50.9 Å². The number of nitrogens with zero attached hydrogens (tertiary/aromatic N) is 1. The Morgan fingerprint density at radius 1 is 1.13 bits per heavy atom. The van der Waals surface area contributed by atoms with Crippen LogP contribution in [0.4, 0.5) is 0 Å². The van der Waals surface area contributed by atoms with E-state index in [4.69, 9.17) is 27.9 Å². The van der Waals surface area contributed by atoms with E-state index < -0.39 is 6.04 Å². The van der Waals surface area contributed by atoms with Crippen LogP contribution in [0.1, 0.15) is 38.7 Å². The minimum Gasteiger partial charge on any atom is -0.484 e. The molecule has 0 fully saturated rings. The molecule has 2 rings (SSSR count). The molecule has 0 unspecified atom stereocenters. The van der Waals surface area contributed by atoms with Crippen LogP contribution in [0.3, 0.4) is 0 Å². The largest absolute Gasteiger partial charge is 0.484 e.